The molecular formula is C21H20O4. The van der Waals surface area contributed by atoms with Crippen LogP contribution in [-0.4, -0.2) is 11.9 Å². The molecule has 0 spiro atoms. The fourth-order valence-electron chi connectivity index (χ4n) is 2.05. The van der Waals surface area contributed by atoms with Gasteiger partial charge >= 0.3 is 11.9 Å². The third-order valence-corrected chi connectivity index (χ3v) is 3.44. The van der Waals surface area contributed by atoms with Crippen molar-refractivity contribution < 1.29 is 19.1 Å². The monoisotopic (exact) mass is 336 g/mol. The first-order chi connectivity index (χ1) is 12.1. The Labute approximate surface area is 147 Å². The molecule has 0 fully saturated rings. The lowest BCUT2D eigenvalue weighted by Crippen LogP contribution is -2.12. The Morgan fingerprint density at radius 3 is 1.40 bits per heavy atom. The van der Waals surface area contributed by atoms with E-state index in [1.165, 1.54) is 0 Å². The van der Waals surface area contributed by atoms with Crippen LogP contribution in [0.3, 0.4) is 0 Å². The van der Waals surface area contributed by atoms with Gasteiger partial charge in [0, 0.05) is 11.1 Å². The van der Waals surface area contributed by atoms with Gasteiger partial charge in [-0.1, -0.05) is 49.6 Å². The Bertz CT molecular complexity index is 682. The van der Waals surface area contributed by atoms with Crippen LogP contribution in [0.25, 0.3) is 0 Å². The summed E-state index contributed by atoms with van der Waals surface area (Å²) in [5.41, 5.74) is 0.709. The summed E-state index contributed by atoms with van der Waals surface area (Å²) in [5, 5.41) is 0. The largest absolute Gasteiger partial charge is 0.423 e. The fourth-order valence-corrected chi connectivity index (χ4v) is 2.05. The molecule has 4 heteroatoms. The lowest BCUT2D eigenvalue weighted by molar-refractivity contribution is -0.130. The number of benzene rings is 2. The number of hydrogen-bond acceptors (Lipinski definition) is 4. The van der Waals surface area contributed by atoms with Gasteiger partial charge in [-0.25, -0.2) is 9.59 Å². The molecule has 128 valence electrons. The topological polar surface area (TPSA) is 52.6 Å². The van der Waals surface area contributed by atoms with E-state index in [2.05, 4.69) is 13.2 Å². The quantitative estimate of drug-likeness (QED) is 0.405. The first kappa shape index (κ1) is 18.2. The van der Waals surface area contributed by atoms with Crippen LogP contribution in [0.5, 0.6) is 11.5 Å². The summed E-state index contributed by atoms with van der Waals surface area (Å²) in [6, 6.07) is 17.6. The molecule has 0 unspecified atom stereocenters. The maximum absolute atomic E-state index is 11.9. The van der Waals surface area contributed by atoms with Gasteiger partial charge in [-0.2, -0.15) is 0 Å². The van der Waals surface area contributed by atoms with Gasteiger partial charge in [0.2, 0.25) is 0 Å². The molecule has 0 bridgehead atoms. The van der Waals surface area contributed by atoms with Crippen molar-refractivity contribution in [1.82, 2.24) is 0 Å². The minimum absolute atomic E-state index is 0.355. The van der Waals surface area contributed by atoms with Crippen molar-refractivity contribution in [3.05, 3.63) is 85.0 Å². The smallest absolute Gasteiger partial charge is 0.338 e. The average molecular weight is 336 g/mol. The maximum Gasteiger partial charge on any atom is 0.338 e. The van der Waals surface area contributed by atoms with E-state index in [0.29, 0.717) is 41.9 Å². The van der Waals surface area contributed by atoms with Gasteiger partial charge in [-0.05, 0) is 43.5 Å². The van der Waals surface area contributed by atoms with Crippen molar-refractivity contribution >= 4 is 11.9 Å². The Balaban J connectivity index is 1.72. The Morgan fingerprint density at radius 2 is 1.04 bits per heavy atom. The molecule has 2 rings (SSSR count). The number of esters is 2. The van der Waals surface area contributed by atoms with Crippen LogP contribution in [0.2, 0.25) is 0 Å². The highest BCUT2D eigenvalue weighted by atomic mass is 16.5. The molecule has 0 aliphatic rings. The van der Waals surface area contributed by atoms with E-state index in [0.717, 1.165) is 0 Å². The zero-order valence-electron chi connectivity index (χ0n) is 13.9. The summed E-state index contributed by atoms with van der Waals surface area (Å²) in [6.45, 7) is 7.48. The van der Waals surface area contributed by atoms with E-state index >= 15 is 0 Å². The summed E-state index contributed by atoms with van der Waals surface area (Å²) in [4.78, 5) is 23.9. The second kappa shape index (κ2) is 9.23. The zero-order chi connectivity index (χ0) is 18.1. The Morgan fingerprint density at radius 1 is 0.680 bits per heavy atom. The van der Waals surface area contributed by atoms with Crippen LogP contribution in [0, 0.1) is 0 Å². The molecule has 0 atom stereocenters. The van der Waals surface area contributed by atoms with Crippen molar-refractivity contribution in [1.29, 1.82) is 0 Å². The second-order valence-electron chi connectivity index (χ2n) is 5.47. The van der Waals surface area contributed by atoms with Crippen LogP contribution in [0.4, 0.5) is 0 Å². The lowest BCUT2D eigenvalue weighted by Gasteiger charge is -2.08. The first-order valence-electron chi connectivity index (χ1n) is 7.96. The van der Waals surface area contributed by atoms with E-state index < -0.39 is 11.9 Å². The summed E-state index contributed by atoms with van der Waals surface area (Å²) in [6.07, 6.45) is 1.40. The minimum atomic E-state index is -0.469. The van der Waals surface area contributed by atoms with Gasteiger partial charge in [-0.3, -0.25) is 0 Å². The Hall–Kier alpha value is -3.14. The van der Waals surface area contributed by atoms with Crippen LogP contribution >= 0.6 is 0 Å². The molecule has 4 nitrogen and oxygen atoms in total. The molecule has 0 radical (unpaired) electrons. The van der Waals surface area contributed by atoms with E-state index in [1.807, 2.05) is 12.1 Å². The van der Waals surface area contributed by atoms with Gasteiger partial charge < -0.3 is 9.47 Å². The molecule has 0 saturated heterocycles. The van der Waals surface area contributed by atoms with Gasteiger partial charge in [0.1, 0.15) is 11.5 Å². The van der Waals surface area contributed by atoms with Crippen LogP contribution in [-0.2, 0) is 9.59 Å². The maximum atomic E-state index is 11.9. The van der Waals surface area contributed by atoms with E-state index in [4.69, 9.17) is 9.47 Å². The minimum Gasteiger partial charge on any atom is -0.423 e. The number of ether oxygens (including phenoxy) is 2. The van der Waals surface area contributed by atoms with Crippen molar-refractivity contribution in [3.63, 3.8) is 0 Å². The molecule has 0 aromatic heterocycles. The average Bonchev–Trinajstić information content (AvgIpc) is 2.63. The highest BCUT2D eigenvalue weighted by molar-refractivity contribution is 5.90. The SMILES string of the molecule is C=C(CCCC(=C)C(=O)Oc1ccccc1)C(=O)Oc1ccccc1. The first-order valence-corrected chi connectivity index (χ1v) is 7.96. The van der Waals surface area contributed by atoms with Gasteiger partial charge in [0.15, 0.2) is 0 Å². The van der Waals surface area contributed by atoms with Gasteiger partial charge in [-0.15, -0.1) is 0 Å². The summed E-state index contributed by atoms with van der Waals surface area (Å²) < 4.78 is 10.4. The molecule has 0 N–H and O–H groups in total. The van der Waals surface area contributed by atoms with Crippen molar-refractivity contribution in [2.75, 3.05) is 0 Å². The van der Waals surface area contributed by atoms with Gasteiger partial charge in [0.25, 0.3) is 0 Å². The van der Waals surface area contributed by atoms with E-state index in [-0.39, 0.29) is 0 Å². The molecule has 0 aliphatic heterocycles. The number of carbonyl (C=O) groups is 2. The standard InChI is InChI=1S/C21H20O4/c1-16(20(22)24-18-12-5-3-6-13-18)10-9-11-17(2)21(23)25-19-14-7-4-8-15-19/h3-8,12-15H,1-2,9-11H2. The summed E-state index contributed by atoms with van der Waals surface area (Å²) in [7, 11) is 0. The third-order valence-electron chi connectivity index (χ3n) is 3.44. The molecular weight excluding hydrogens is 316 g/mol. The molecule has 0 saturated carbocycles. The Kier molecular flexibility index (Phi) is 6.72. The highest BCUT2D eigenvalue weighted by Gasteiger charge is 2.13. The predicted molar refractivity (Wildman–Crippen MR) is 96.3 cm³/mol. The fraction of sp³-hybridized carbons (Fsp3) is 0.143. The van der Waals surface area contributed by atoms with Crippen LogP contribution in [0.1, 0.15) is 19.3 Å². The molecule has 25 heavy (non-hydrogen) atoms. The highest BCUT2D eigenvalue weighted by Crippen LogP contribution is 2.16. The molecule has 0 heterocycles. The van der Waals surface area contributed by atoms with Gasteiger partial charge in [0.05, 0.1) is 0 Å². The molecule has 0 amide bonds. The number of carbonyl (C=O) groups excluding carboxylic acids is 2. The van der Waals surface area contributed by atoms with E-state index in [1.54, 1.807) is 48.5 Å². The molecule has 0 aliphatic carbocycles. The molecule has 2 aromatic carbocycles. The van der Waals surface area contributed by atoms with Crippen LogP contribution in [0.15, 0.2) is 85.0 Å². The summed E-state index contributed by atoms with van der Waals surface area (Å²) >= 11 is 0. The number of hydrogen-bond donors (Lipinski definition) is 0. The van der Waals surface area contributed by atoms with Crippen molar-refractivity contribution in [2.24, 2.45) is 0 Å². The van der Waals surface area contributed by atoms with Crippen molar-refractivity contribution in [3.8, 4) is 11.5 Å². The summed E-state index contributed by atoms with van der Waals surface area (Å²) in [5.74, 6) is 0.0151. The predicted octanol–water partition coefficient (Wildman–Crippen LogP) is 4.48. The van der Waals surface area contributed by atoms with E-state index in [9.17, 15) is 9.59 Å². The zero-order valence-corrected chi connectivity index (χ0v) is 13.9. The van der Waals surface area contributed by atoms with Crippen LogP contribution < -0.4 is 9.47 Å². The second-order valence-corrected chi connectivity index (χ2v) is 5.47. The van der Waals surface area contributed by atoms with Crippen molar-refractivity contribution in [2.45, 2.75) is 19.3 Å². The normalized spacial score (nSPS) is 9.92. The third kappa shape index (κ3) is 6.11. The molecule has 2 aromatic rings. The number of para-hydroxylation sites is 2. The number of rotatable bonds is 8. The lowest BCUT2D eigenvalue weighted by atomic mass is 10.1.